The Bertz CT molecular complexity index is 276. The predicted molar refractivity (Wildman–Crippen MR) is 72.0 cm³/mol. The van der Waals surface area contributed by atoms with Crippen LogP contribution in [0.15, 0.2) is 0 Å². The van der Waals surface area contributed by atoms with Gasteiger partial charge in [0.15, 0.2) is 0 Å². The fourth-order valence-corrected chi connectivity index (χ4v) is 9.00. The monoisotopic (exact) mass is 344 g/mol. The molecule has 0 radical (unpaired) electrons. The van der Waals surface area contributed by atoms with Gasteiger partial charge < -0.3 is 0 Å². The molecule has 0 aliphatic heterocycles. The second-order valence-electron chi connectivity index (χ2n) is 7.51. The van der Waals surface area contributed by atoms with Crippen molar-refractivity contribution >= 4 is 31.9 Å². The average molecular weight is 346 g/mol. The first-order chi connectivity index (χ1) is 7.57. The van der Waals surface area contributed by atoms with Gasteiger partial charge in [0.2, 0.25) is 0 Å². The summed E-state index contributed by atoms with van der Waals surface area (Å²) in [4.78, 5) is 0. The Labute approximate surface area is 114 Å². The number of hydrogen-bond acceptors (Lipinski definition) is 0. The van der Waals surface area contributed by atoms with Gasteiger partial charge in [-0.05, 0) is 74.0 Å². The minimum atomic E-state index is 0.583. The summed E-state index contributed by atoms with van der Waals surface area (Å²) in [6.07, 6.45) is 9.03. The van der Waals surface area contributed by atoms with Crippen LogP contribution in [0.5, 0.6) is 0 Å². The van der Waals surface area contributed by atoms with Crippen molar-refractivity contribution in [2.24, 2.45) is 35.5 Å². The summed E-state index contributed by atoms with van der Waals surface area (Å²) in [6.45, 7) is 0. The molecule has 0 aromatic rings. The van der Waals surface area contributed by atoms with Crippen molar-refractivity contribution in [2.45, 2.75) is 47.2 Å². The number of rotatable bonds is 0. The Morgan fingerprint density at radius 2 is 0.688 bits per heavy atom. The van der Waals surface area contributed by atoms with Crippen LogP contribution >= 0.6 is 31.9 Å². The molecule has 0 N–H and O–H groups in total. The molecule has 16 heavy (non-hydrogen) atoms. The highest BCUT2D eigenvalue weighted by atomic mass is 79.9. The van der Waals surface area contributed by atoms with E-state index in [1.807, 2.05) is 0 Å². The normalized spacial score (nSPS) is 73.9. The van der Waals surface area contributed by atoms with Crippen LogP contribution in [0.1, 0.15) is 38.5 Å². The van der Waals surface area contributed by atoms with Crippen molar-refractivity contribution in [3.8, 4) is 0 Å². The second-order valence-corrected chi connectivity index (χ2v) is 10.9. The van der Waals surface area contributed by atoms with Gasteiger partial charge in [-0.25, -0.2) is 0 Å². The number of halogens is 2. The number of hydrogen-bond donors (Lipinski definition) is 0. The zero-order chi connectivity index (χ0) is 10.7. The van der Waals surface area contributed by atoms with Gasteiger partial charge in [-0.1, -0.05) is 31.9 Å². The molecule has 0 aromatic heterocycles. The molecule has 8 bridgehead atoms. The lowest BCUT2D eigenvalue weighted by Gasteiger charge is -2.73. The van der Waals surface area contributed by atoms with E-state index in [1.54, 1.807) is 0 Å². The third-order valence-corrected chi connectivity index (χ3v) is 8.85. The quantitative estimate of drug-likeness (QED) is 0.572. The molecule has 0 saturated heterocycles. The van der Waals surface area contributed by atoms with Crippen molar-refractivity contribution in [2.75, 3.05) is 0 Å². The van der Waals surface area contributed by atoms with E-state index >= 15 is 0 Å². The third kappa shape index (κ3) is 0.965. The zero-order valence-corrected chi connectivity index (χ0v) is 12.6. The van der Waals surface area contributed by atoms with Crippen molar-refractivity contribution in [1.82, 2.24) is 0 Å². The zero-order valence-electron chi connectivity index (χ0n) is 9.46. The van der Waals surface area contributed by atoms with Crippen LogP contribution in [-0.2, 0) is 0 Å². The molecule has 0 unspecified atom stereocenters. The predicted octanol–water partition coefficient (Wildman–Crippen LogP) is 4.36. The van der Waals surface area contributed by atoms with E-state index in [-0.39, 0.29) is 0 Å². The van der Waals surface area contributed by atoms with E-state index in [4.69, 9.17) is 0 Å². The highest BCUT2D eigenvalue weighted by molar-refractivity contribution is 9.10. The van der Waals surface area contributed by atoms with Crippen LogP contribution < -0.4 is 0 Å². The van der Waals surface area contributed by atoms with Gasteiger partial charge >= 0.3 is 0 Å². The van der Waals surface area contributed by atoms with Crippen LogP contribution in [0.25, 0.3) is 0 Å². The van der Waals surface area contributed by atoms with Gasteiger partial charge in [0.25, 0.3) is 0 Å². The average Bonchev–Trinajstić information content (AvgIpc) is 2.22. The SMILES string of the molecule is BrC12CC3C4CC5(Br)CC3C(C1)C(C5)C4C2. The third-order valence-electron chi connectivity index (χ3n) is 6.91. The van der Waals surface area contributed by atoms with Crippen molar-refractivity contribution < 1.29 is 0 Å². The Balaban J connectivity index is 1.68. The molecule has 0 spiro atoms. The molecule has 0 nitrogen and oxygen atoms in total. The molecule has 0 atom stereocenters. The largest absolute Gasteiger partial charge is 0.0853 e. The first-order valence-electron chi connectivity index (χ1n) is 6.95. The van der Waals surface area contributed by atoms with Crippen molar-refractivity contribution in [3.05, 3.63) is 0 Å². The second kappa shape index (κ2) is 2.61. The maximum absolute atomic E-state index is 4.11. The molecule has 2 heteroatoms. The Kier molecular flexibility index (Phi) is 1.61. The lowest BCUT2D eigenvalue weighted by Crippen LogP contribution is -2.68. The summed E-state index contributed by atoms with van der Waals surface area (Å²) in [7, 11) is 0. The minimum absolute atomic E-state index is 0.583. The molecule has 88 valence electrons. The van der Waals surface area contributed by atoms with Crippen LogP contribution in [0, 0.1) is 35.5 Å². The maximum Gasteiger partial charge on any atom is 0.0266 e. The summed E-state index contributed by atoms with van der Waals surface area (Å²) in [5.41, 5.74) is 0. The van der Waals surface area contributed by atoms with Crippen LogP contribution in [0.3, 0.4) is 0 Å². The first-order valence-corrected chi connectivity index (χ1v) is 8.53. The summed E-state index contributed by atoms with van der Waals surface area (Å²) >= 11 is 8.22. The van der Waals surface area contributed by atoms with Gasteiger partial charge in [-0.15, -0.1) is 0 Å². The lowest BCUT2D eigenvalue weighted by molar-refractivity contribution is -0.183. The van der Waals surface area contributed by atoms with Gasteiger partial charge in [0.05, 0.1) is 0 Å². The number of alkyl halides is 2. The molecular formula is C14H18Br2. The summed E-state index contributed by atoms with van der Waals surface area (Å²) in [5.74, 6) is 6.58. The Morgan fingerprint density at radius 1 is 0.500 bits per heavy atom. The van der Waals surface area contributed by atoms with Crippen molar-refractivity contribution in [1.29, 1.82) is 0 Å². The van der Waals surface area contributed by atoms with Crippen LogP contribution in [0.4, 0.5) is 0 Å². The van der Waals surface area contributed by atoms with Gasteiger partial charge in [0.1, 0.15) is 0 Å². The fourth-order valence-electron chi connectivity index (χ4n) is 6.76. The summed E-state index contributed by atoms with van der Waals surface area (Å²) in [5, 5.41) is 0. The van der Waals surface area contributed by atoms with Gasteiger partial charge in [-0.2, -0.15) is 0 Å². The van der Waals surface area contributed by atoms with Gasteiger partial charge in [0, 0.05) is 8.65 Å². The molecule has 7 fully saturated rings. The highest BCUT2D eigenvalue weighted by Crippen LogP contribution is 2.75. The summed E-state index contributed by atoms with van der Waals surface area (Å²) < 4.78 is 1.17. The van der Waals surface area contributed by atoms with Crippen molar-refractivity contribution in [3.63, 3.8) is 0 Å². The van der Waals surface area contributed by atoms with Gasteiger partial charge in [-0.3, -0.25) is 0 Å². The van der Waals surface area contributed by atoms with E-state index in [1.165, 1.54) is 38.5 Å². The maximum atomic E-state index is 4.11. The molecule has 0 aromatic carbocycles. The molecule has 7 aliphatic rings. The fraction of sp³-hybridized carbons (Fsp3) is 1.00. The minimum Gasteiger partial charge on any atom is -0.0853 e. The Hall–Kier alpha value is 0.960. The standard InChI is InChI=1S/C14H18Br2/c15-13-1-7-8-4-14(16)5-9(7)11(3-13)12(6-14)10(8)2-13/h7-12H,1-6H2. The lowest BCUT2D eigenvalue weighted by atomic mass is 9.36. The smallest absolute Gasteiger partial charge is 0.0266 e. The molecule has 7 saturated carbocycles. The first kappa shape index (κ1) is 9.83. The topological polar surface area (TPSA) is 0 Å². The molecular weight excluding hydrogens is 328 g/mol. The van der Waals surface area contributed by atoms with Crippen LogP contribution in [-0.4, -0.2) is 8.65 Å². The van der Waals surface area contributed by atoms with Crippen LogP contribution in [0.2, 0.25) is 0 Å². The van der Waals surface area contributed by atoms with E-state index in [0.29, 0.717) is 8.65 Å². The molecule has 0 amide bonds. The van der Waals surface area contributed by atoms with E-state index in [0.717, 1.165) is 35.5 Å². The van der Waals surface area contributed by atoms with E-state index < -0.39 is 0 Å². The molecule has 7 aliphatic carbocycles. The van der Waals surface area contributed by atoms with E-state index in [2.05, 4.69) is 31.9 Å². The summed E-state index contributed by atoms with van der Waals surface area (Å²) in [6, 6.07) is 0. The Morgan fingerprint density at radius 3 is 0.875 bits per heavy atom. The highest BCUT2D eigenvalue weighted by Gasteiger charge is 2.69. The molecule has 7 rings (SSSR count). The molecule has 0 heterocycles. The van der Waals surface area contributed by atoms with E-state index in [9.17, 15) is 0 Å².